The van der Waals surface area contributed by atoms with Gasteiger partial charge in [-0.2, -0.15) is 0 Å². The zero-order valence-corrected chi connectivity index (χ0v) is 14.9. The van der Waals surface area contributed by atoms with Gasteiger partial charge in [0.25, 0.3) is 5.97 Å². The van der Waals surface area contributed by atoms with Gasteiger partial charge < -0.3 is 14.7 Å². The molecule has 0 aromatic rings. The molecule has 0 aliphatic heterocycles. The van der Waals surface area contributed by atoms with Crippen LogP contribution in [0.15, 0.2) is 0 Å². The van der Waals surface area contributed by atoms with E-state index in [-0.39, 0.29) is 0 Å². The number of hydroxylamine groups is 2. The predicted molar refractivity (Wildman–Crippen MR) is 75.6 cm³/mol. The zero-order chi connectivity index (χ0) is 17.2. The van der Waals surface area contributed by atoms with Gasteiger partial charge in [-0.05, 0) is 42.3 Å². The van der Waals surface area contributed by atoms with Gasteiger partial charge >= 0.3 is 15.6 Å². The molecule has 0 fully saturated rings. The largest absolute Gasteiger partial charge is 0.473 e. The maximum atomic E-state index is 11.9. The molecule has 0 rings (SSSR count). The Labute approximate surface area is 124 Å². The van der Waals surface area contributed by atoms with Gasteiger partial charge in [-0.1, -0.05) is 0 Å². The van der Waals surface area contributed by atoms with Crippen LogP contribution >= 0.6 is 15.6 Å². The molecule has 3 N–H and O–H groups in total. The van der Waals surface area contributed by atoms with Crippen molar-refractivity contribution < 1.29 is 33.0 Å². The van der Waals surface area contributed by atoms with E-state index in [4.69, 9.17) is 18.9 Å². The van der Waals surface area contributed by atoms with Crippen LogP contribution in [0, 0.1) is 0 Å². The van der Waals surface area contributed by atoms with Crippen LogP contribution in [-0.4, -0.2) is 89.5 Å². The molecule has 0 heterocycles. The molecule has 0 aromatic carbocycles. The fourth-order valence-corrected chi connectivity index (χ4v) is 2.96. The summed E-state index contributed by atoms with van der Waals surface area (Å²) in [5, 5.41) is 0.771. The Kier molecular flexibility index (Phi) is 7.15. The first-order valence-corrected chi connectivity index (χ1v) is 8.78. The third-order valence-corrected chi connectivity index (χ3v) is 4.50. The van der Waals surface area contributed by atoms with Crippen LogP contribution in [-0.2, 0) is 18.3 Å². The third kappa shape index (κ3) is 5.34. The SMILES string of the molecule is CN(C)C(OP(=O)(O)O)(N(C)C)N(C)OP(=O)(O)N(C)C. The second kappa shape index (κ2) is 7.12. The molecular weight excluding hydrogens is 326 g/mol. The Morgan fingerprint density at radius 1 is 0.857 bits per heavy atom. The molecule has 128 valence electrons. The van der Waals surface area contributed by atoms with Crippen molar-refractivity contribution in [1.82, 2.24) is 19.5 Å². The smallest absolute Gasteiger partial charge is 0.311 e. The zero-order valence-electron chi connectivity index (χ0n) is 13.2. The van der Waals surface area contributed by atoms with Gasteiger partial charge in [-0.25, -0.2) is 22.9 Å². The minimum atomic E-state index is -4.93. The number of phosphoric ester groups is 1. The Morgan fingerprint density at radius 2 is 1.24 bits per heavy atom. The van der Waals surface area contributed by atoms with Gasteiger partial charge in [0.1, 0.15) is 0 Å². The van der Waals surface area contributed by atoms with Gasteiger partial charge in [-0.3, -0.25) is 9.80 Å². The molecule has 13 heteroatoms. The van der Waals surface area contributed by atoms with Crippen molar-refractivity contribution in [2.24, 2.45) is 0 Å². The van der Waals surface area contributed by atoms with Crippen molar-refractivity contribution in [2.45, 2.75) is 5.97 Å². The highest BCUT2D eigenvalue weighted by molar-refractivity contribution is 7.50. The molecule has 0 amide bonds. The lowest BCUT2D eigenvalue weighted by atomic mass is 10.5. The average molecular weight is 350 g/mol. The summed E-state index contributed by atoms with van der Waals surface area (Å²) in [5.74, 6) is -1.91. The van der Waals surface area contributed by atoms with E-state index in [0.717, 1.165) is 9.73 Å². The third-order valence-electron chi connectivity index (χ3n) is 2.55. The van der Waals surface area contributed by atoms with Gasteiger partial charge in [0, 0.05) is 7.05 Å². The summed E-state index contributed by atoms with van der Waals surface area (Å²) in [6.45, 7) is 0. The molecule has 0 saturated heterocycles. The second-order valence-electron chi connectivity index (χ2n) is 4.86. The molecule has 0 saturated carbocycles. The number of phosphoric acid groups is 1. The molecule has 0 bridgehead atoms. The molecule has 0 aliphatic carbocycles. The van der Waals surface area contributed by atoms with Crippen molar-refractivity contribution in [3.8, 4) is 0 Å². The maximum absolute atomic E-state index is 11.9. The molecule has 0 aliphatic rings. The van der Waals surface area contributed by atoms with Crippen molar-refractivity contribution in [3.63, 3.8) is 0 Å². The first kappa shape index (κ1) is 21.1. The highest BCUT2D eigenvalue weighted by Gasteiger charge is 2.49. The highest BCUT2D eigenvalue weighted by Crippen LogP contribution is 2.49. The summed E-state index contributed by atoms with van der Waals surface area (Å²) in [6, 6.07) is 0. The quantitative estimate of drug-likeness (QED) is 0.294. The van der Waals surface area contributed by atoms with Gasteiger partial charge in [0.2, 0.25) is 0 Å². The number of hydrogen-bond acceptors (Lipinski definition) is 7. The molecule has 0 spiro atoms. The van der Waals surface area contributed by atoms with Crippen LogP contribution < -0.4 is 0 Å². The number of nitrogens with zero attached hydrogens (tertiary/aromatic N) is 4. The van der Waals surface area contributed by atoms with Crippen LogP contribution in [0.25, 0.3) is 0 Å². The van der Waals surface area contributed by atoms with Crippen molar-refractivity contribution in [1.29, 1.82) is 0 Å². The number of rotatable bonds is 8. The predicted octanol–water partition coefficient (Wildman–Crippen LogP) is -0.644. The molecule has 1 atom stereocenters. The van der Waals surface area contributed by atoms with E-state index in [1.807, 2.05) is 0 Å². The minimum Gasteiger partial charge on any atom is -0.311 e. The summed E-state index contributed by atoms with van der Waals surface area (Å²) in [5.41, 5.74) is 0. The normalized spacial score (nSPS) is 17.0. The lowest BCUT2D eigenvalue weighted by molar-refractivity contribution is -0.340. The molecule has 11 nitrogen and oxygen atoms in total. The van der Waals surface area contributed by atoms with Crippen molar-refractivity contribution in [2.75, 3.05) is 49.3 Å². The first-order valence-electron chi connectivity index (χ1n) is 5.72. The molecule has 21 heavy (non-hydrogen) atoms. The van der Waals surface area contributed by atoms with Crippen LogP contribution in [0.3, 0.4) is 0 Å². The van der Waals surface area contributed by atoms with E-state index >= 15 is 0 Å². The van der Waals surface area contributed by atoms with E-state index in [1.165, 1.54) is 59.1 Å². The number of hydrogen-bond donors (Lipinski definition) is 3. The van der Waals surface area contributed by atoms with Crippen LogP contribution in [0.1, 0.15) is 0 Å². The summed E-state index contributed by atoms with van der Waals surface area (Å²) < 4.78 is 33.9. The minimum absolute atomic E-state index is 0.771. The van der Waals surface area contributed by atoms with Gasteiger partial charge in [-0.15, -0.1) is 5.06 Å². The van der Waals surface area contributed by atoms with Crippen LogP contribution in [0.5, 0.6) is 0 Å². The van der Waals surface area contributed by atoms with Crippen molar-refractivity contribution in [3.05, 3.63) is 0 Å². The lowest BCUT2D eigenvalue weighted by Gasteiger charge is -2.48. The second-order valence-corrected chi connectivity index (χ2v) is 7.97. The Balaban J connectivity index is 5.69. The lowest BCUT2D eigenvalue weighted by Crippen LogP contribution is -2.66. The van der Waals surface area contributed by atoms with Crippen LogP contribution in [0.2, 0.25) is 0 Å². The van der Waals surface area contributed by atoms with Crippen LogP contribution in [0.4, 0.5) is 0 Å². The highest BCUT2D eigenvalue weighted by atomic mass is 31.2. The van der Waals surface area contributed by atoms with Crippen molar-refractivity contribution >= 4 is 15.6 Å². The van der Waals surface area contributed by atoms with E-state index in [1.54, 1.807) is 0 Å². The monoisotopic (exact) mass is 350 g/mol. The molecule has 1 unspecified atom stereocenters. The Bertz CT molecular complexity index is 430. The first-order chi connectivity index (χ1) is 9.17. The molecule has 0 aromatic heterocycles. The Morgan fingerprint density at radius 3 is 1.48 bits per heavy atom. The standard InChI is InChI=1S/C8H24N4O7P2/c1-9(2)8(10(3)4,18-21(15,16)17)12(7)19-20(13,14)11(5)6/h1-7H3,(H,13,14)(H2,15,16,17). The van der Waals surface area contributed by atoms with E-state index < -0.39 is 21.5 Å². The fraction of sp³-hybridized carbons (Fsp3) is 1.00. The topological polar surface area (TPSA) is 126 Å². The molecular formula is C8H24N4O7P2. The average Bonchev–Trinajstić information content (AvgIpc) is 2.22. The maximum Gasteiger partial charge on any atom is 0.473 e. The summed E-state index contributed by atoms with van der Waals surface area (Å²) in [4.78, 5) is 30.5. The Hall–Kier alpha value is 0.1000. The summed E-state index contributed by atoms with van der Waals surface area (Å²) in [6.07, 6.45) is 0. The van der Waals surface area contributed by atoms with E-state index in [9.17, 15) is 14.0 Å². The molecule has 0 radical (unpaired) electrons. The van der Waals surface area contributed by atoms with Gasteiger partial charge in [0.05, 0.1) is 0 Å². The fourth-order valence-electron chi connectivity index (χ4n) is 1.63. The summed E-state index contributed by atoms with van der Waals surface area (Å²) >= 11 is 0. The van der Waals surface area contributed by atoms with Gasteiger partial charge in [0.15, 0.2) is 0 Å². The van der Waals surface area contributed by atoms with E-state index in [2.05, 4.69) is 0 Å². The summed E-state index contributed by atoms with van der Waals surface area (Å²) in [7, 11) is 0.620. The van der Waals surface area contributed by atoms with E-state index in [0.29, 0.717) is 0 Å².